The van der Waals surface area contributed by atoms with E-state index in [-0.39, 0.29) is 17.7 Å². The van der Waals surface area contributed by atoms with Crippen LogP contribution in [0.2, 0.25) is 0 Å². The van der Waals surface area contributed by atoms with Crippen molar-refractivity contribution in [1.82, 2.24) is 10.2 Å². The number of ketones is 1. The zero-order valence-corrected chi connectivity index (χ0v) is 8.77. The van der Waals surface area contributed by atoms with E-state index in [1.165, 1.54) is 0 Å². The Morgan fingerprint density at radius 3 is 2.94 bits per heavy atom. The molecule has 2 aliphatic rings. The quantitative estimate of drug-likeness (QED) is 0.678. The number of hydrogen-bond acceptors (Lipinski definition) is 3. The Kier molecular flexibility index (Phi) is 2.04. The van der Waals surface area contributed by atoms with E-state index in [0.717, 1.165) is 6.54 Å². The molecule has 1 N–H and O–H groups in total. The smallest absolute Gasteiger partial charge is 0.254 e. The first-order chi connectivity index (χ1) is 7.77. The summed E-state index contributed by atoms with van der Waals surface area (Å²) in [6, 6.07) is 6.68. The van der Waals surface area contributed by atoms with Gasteiger partial charge in [-0.05, 0) is 12.1 Å². The second-order valence-corrected chi connectivity index (χ2v) is 4.16. The number of piperazine rings is 1. The molecule has 1 unspecified atom stereocenters. The van der Waals surface area contributed by atoms with Crippen molar-refractivity contribution in [3.63, 3.8) is 0 Å². The summed E-state index contributed by atoms with van der Waals surface area (Å²) in [6.45, 7) is 1.92. The van der Waals surface area contributed by atoms with Gasteiger partial charge >= 0.3 is 0 Å². The predicted octanol–water partition coefficient (Wildman–Crippen LogP) is 0.297. The molecule has 82 valence electrons. The lowest BCUT2D eigenvalue weighted by Crippen LogP contribution is -2.56. The van der Waals surface area contributed by atoms with Gasteiger partial charge in [0.2, 0.25) is 0 Å². The number of Topliss-reactive ketones (excluding diaryl/α,β-unsaturated/α-hetero) is 1. The Morgan fingerprint density at radius 1 is 1.25 bits per heavy atom. The van der Waals surface area contributed by atoms with Crippen molar-refractivity contribution in [2.45, 2.75) is 6.04 Å². The number of amides is 1. The van der Waals surface area contributed by atoms with Gasteiger partial charge in [0.05, 0.1) is 0 Å². The summed E-state index contributed by atoms with van der Waals surface area (Å²) in [5.74, 6) is 0.0131. The van der Waals surface area contributed by atoms with E-state index in [4.69, 9.17) is 0 Å². The van der Waals surface area contributed by atoms with Gasteiger partial charge in [-0.3, -0.25) is 9.59 Å². The molecule has 1 atom stereocenters. The minimum atomic E-state index is -0.332. The van der Waals surface area contributed by atoms with Crippen LogP contribution in [0, 0.1) is 0 Å². The average Bonchev–Trinajstić information content (AvgIpc) is 2.42. The molecular weight excluding hydrogens is 204 g/mol. The highest BCUT2D eigenvalue weighted by molar-refractivity contribution is 6.08. The number of rotatable bonds is 0. The van der Waals surface area contributed by atoms with Crippen molar-refractivity contribution in [3.8, 4) is 0 Å². The SMILES string of the molecule is O=C1c2cccc(c2)C(=O)N2CCNCC12. The van der Waals surface area contributed by atoms with E-state index in [1.54, 1.807) is 29.2 Å². The fourth-order valence-corrected chi connectivity index (χ4v) is 2.35. The van der Waals surface area contributed by atoms with Crippen LogP contribution in [-0.4, -0.2) is 42.3 Å². The zero-order valence-electron chi connectivity index (χ0n) is 8.77. The third kappa shape index (κ3) is 1.27. The van der Waals surface area contributed by atoms with Crippen LogP contribution in [0.4, 0.5) is 0 Å². The second-order valence-electron chi connectivity index (χ2n) is 4.16. The fourth-order valence-electron chi connectivity index (χ4n) is 2.35. The molecule has 0 aliphatic carbocycles. The molecule has 1 saturated heterocycles. The van der Waals surface area contributed by atoms with Crippen molar-refractivity contribution in [1.29, 1.82) is 0 Å². The minimum Gasteiger partial charge on any atom is -0.326 e. The predicted molar refractivity (Wildman–Crippen MR) is 58.5 cm³/mol. The summed E-state index contributed by atoms with van der Waals surface area (Å²) in [5.41, 5.74) is 1.26. The van der Waals surface area contributed by atoms with Crippen molar-refractivity contribution in [2.24, 2.45) is 0 Å². The van der Waals surface area contributed by atoms with Crippen LogP contribution in [0.25, 0.3) is 0 Å². The van der Waals surface area contributed by atoms with Crippen LogP contribution in [-0.2, 0) is 0 Å². The Morgan fingerprint density at radius 2 is 2.06 bits per heavy atom. The van der Waals surface area contributed by atoms with Gasteiger partial charge < -0.3 is 10.2 Å². The highest BCUT2D eigenvalue weighted by Crippen LogP contribution is 2.20. The minimum absolute atomic E-state index is 0.0285. The number of benzene rings is 1. The lowest BCUT2D eigenvalue weighted by molar-refractivity contribution is 0.0579. The first kappa shape index (κ1) is 9.54. The molecule has 1 aromatic rings. The van der Waals surface area contributed by atoms with Gasteiger partial charge in [-0.15, -0.1) is 0 Å². The largest absolute Gasteiger partial charge is 0.326 e. The summed E-state index contributed by atoms with van der Waals surface area (Å²) >= 11 is 0. The standard InChI is InChI=1S/C12H12N2O2/c15-11-8-2-1-3-9(6-8)12(16)14-5-4-13-7-10(11)14/h1-3,6,10,13H,4-5,7H2. The molecule has 1 amide bonds. The van der Waals surface area contributed by atoms with Crippen molar-refractivity contribution >= 4 is 11.7 Å². The maximum absolute atomic E-state index is 12.2. The fraction of sp³-hybridized carbons (Fsp3) is 0.333. The van der Waals surface area contributed by atoms with Crippen LogP contribution in [0.3, 0.4) is 0 Å². The highest BCUT2D eigenvalue weighted by Gasteiger charge is 2.35. The topological polar surface area (TPSA) is 49.4 Å². The molecule has 0 spiro atoms. The molecule has 1 fully saturated rings. The summed E-state index contributed by atoms with van der Waals surface area (Å²) < 4.78 is 0. The van der Waals surface area contributed by atoms with E-state index in [2.05, 4.69) is 5.32 Å². The van der Waals surface area contributed by atoms with Gasteiger partial charge in [0.15, 0.2) is 5.78 Å². The lowest BCUT2D eigenvalue weighted by atomic mass is 10.0. The van der Waals surface area contributed by atoms with Crippen LogP contribution >= 0.6 is 0 Å². The van der Waals surface area contributed by atoms with Gasteiger partial charge in [0, 0.05) is 30.8 Å². The first-order valence-electron chi connectivity index (χ1n) is 5.43. The first-order valence-corrected chi connectivity index (χ1v) is 5.43. The third-order valence-corrected chi connectivity index (χ3v) is 3.20. The Labute approximate surface area is 93.2 Å². The van der Waals surface area contributed by atoms with Gasteiger partial charge in [-0.2, -0.15) is 0 Å². The van der Waals surface area contributed by atoms with Gasteiger partial charge in [-0.1, -0.05) is 12.1 Å². The summed E-state index contributed by atoms with van der Waals surface area (Å²) in [5, 5.41) is 3.16. The number of hydrogen-bond donors (Lipinski definition) is 1. The number of carbonyl (C=O) groups excluding carboxylic acids is 2. The van der Waals surface area contributed by atoms with Gasteiger partial charge in [0.25, 0.3) is 5.91 Å². The molecule has 1 aromatic carbocycles. The van der Waals surface area contributed by atoms with Crippen molar-refractivity contribution in [2.75, 3.05) is 19.6 Å². The molecule has 4 heteroatoms. The Balaban J connectivity index is 2.12. The number of fused-ring (bicyclic) bond motifs is 3. The molecule has 16 heavy (non-hydrogen) atoms. The van der Waals surface area contributed by atoms with Crippen LogP contribution in [0.15, 0.2) is 24.3 Å². The molecule has 2 heterocycles. The van der Waals surface area contributed by atoms with E-state index < -0.39 is 0 Å². The molecule has 2 bridgehead atoms. The van der Waals surface area contributed by atoms with Crippen molar-refractivity contribution < 1.29 is 9.59 Å². The molecule has 3 rings (SSSR count). The van der Waals surface area contributed by atoms with Crippen LogP contribution in [0.1, 0.15) is 20.7 Å². The molecule has 0 saturated carbocycles. The molecular formula is C12H12N2O2. The lowest BCUT2D eigenvalue weighted by Gasteiger charge is -2.33. The van der Waals surface area contributed by atoms with Crippen LogP contribution < -0.4 is 5.32 Å². The molecule has 4 nitrogen and oxygen atoms in total. The van der Waals surface area contributed by atoms with Crippen molar-refractivity contribution in [3.05, 3.63) is 35.4 Å². The number of nitrogens with zero attached hydrogens (tertiary/aromatic N) is 1. The van der Waals surface area contributed by atoms with E-state index >= 15 is 0 Å². The second kappa shape index (κ2) is 3.42. The third-order valence-electron chi connectivity index (χ3n) is 3.20. The Bertz CT molecular complexity index is 431. The maximum Gasteiger partial charge on any atom is 0.254 e. The van der Waals surface area contributed by atoms with Gasteiger partial charge in [0.1, 0.15) is 6.04 Å². The van der Waals surface area contributed by atoms with E-state index in [0.29, 0.717) is 24.2 Å². The van der Waals surface area contributed by atoms with E-state index in [1.807, 2.05) is 0 Å². The normalized spacial score (nSPS) is 24.0. The average molecular weight is 216 g/mol. The molecule has 0 aromatic heterocycles. The Hall–Kier alpha value is -1.68. The summed E-state index contributed by atoms with van der Waals surface area (Å²) in [7, 11) is 0. The number of nitrogens with one attached hydrogen (secondary N) is 1. The maximum atomic E-state index is 12.2. The molecule has 2 aliphatic heterocycles. The summed E-state index contributed by atoms with van der Waals surface area (Å²) in [4.78, 5) is 26.0. The van der Waals surface area contributed by atoms with Crippen LogP contribution in [0.5, 0.6) is 0 Å². The van der Waals surface area contributed by atoms with E-state index in [9.17, 15) is 9.59 Å². The molecule has 0 radical (unpaired) electrons. The number of carbonyl (C=O) groups is 2. The highest BCUT2D eigenvalue weighted by atomic mass is 16.2. The monoisotopic (exact) mass is 216 g/mol. The van der Waals surface area contributed by atoms with Gasteiger partial charge in [-0.25, -0.2) is 0 Å². The zero-order chi connectivity index (χ0) is 11.1. The summed E-state index contributed by atoms with van der Waals surface area (Å²) in [6.07, 6.45) is 0.